The molecule has 1 saturated heterocycles. The molecular weight excluding hydrogens is 372 g/mol. The van der Waals surface area contributed by atoms with E-state index >= 15 is 0 Å². The van der Waals surface area contributed by atoms with Crippen molar-refractivity contribution in [3.63, 3.8) is 0 Å². The molecule has 2 heterocycles. The van der Waals surface area contributed by atoms with Gasteiger partial charge in [-0.1, -0.05) is 6.07 Å². The van der Waals surface area contributed by atoms with Gasteiger partial charge in [-0.25, -0.2) is 0 Å². The summed E-state index contributed by atoms with van der Waals surface area (Å²) in [5.41, 5.74) is 1.79. The van der Waals surface area contributed by atoms with Gasteiger partial charge in [0, 0.05) is 31.2 Å². The molecular formula is C22H30N2O5. The number of hydrogen-bond acceptors (Lipinski definition) is 6. The van der Waals surface area contributed by atoms with Gasteiger partial charge in [-0.2, -0.15) is 0 Å². The normalized spacial score (nSPS) is 37.1. The Hall–Kier alpha value is -1.83. The average Bonchev–Trinajstić information content (AvgIpc) is 3.06. The number of phenols is 1. The lowest BCUT2D eigenvalue weighted by molar-refractivity contribution is -0.203. The zero-order valence-corrected chi connectivity index (χ0v) is 17.1. The molecule has 5 rings (SSSR count). The second kappa shape index (κ2) is 6.59. The molecule has 3 N–H and O–H groups in total. The van der Waals surface area contributed by atoms with Crippen LogP contribution in [0.15, 0.2) is 12.1 Å². The van der Waals surface area contributed by atoms with Gasteiger partial charge in [-0.15, -0.1) is 0 Å². The maximum Gasteiger partial charge on any atom is 0.303 e. The average molecular weight is 402 g/mol. The van der Waals surface area contributed by atoms with E-state index in [0.717, 1.165) is 37.8 Å². The topological polar surface area (TPSA) is 91.3 Å². The molecule has 5 atom stereocenters. The van der Waals surface area contributed by atoms with Crippen molar-refractivity contribution < 1.29 is 24.5 Å². The second-order valence-corrected chi connectivity index (χ2v) is 9.10. The summed E-state index contributed by atoms with van der Waals surface area (Å²) in [4.78, 5) is 13.3. The van der Waals surface area contributed by atoms with Crippen molar-refractivity contribution in [3.8, 4) is 11.5 Å². The zero-order valence-electron chi connectivity index (χ0n) is 17.1. The molecule has 29 heavy (non-hydrogen) atoms. The van der Waals surface area contributed by atoms with Gasteiger partial charge in [-0.3, -0.25) is 4.79 Å². The number of aliphatic carboxylic acids is 1. The van der Waals surface area contributed by atoms with Crippen molar-refractivity contribution in [2.45, 2.75) is 67.7 Å². The van der Waals surface area contributed by atoms with Gasteiger partial charge in [0.15, 0.2) is 11.5 Å². The predicted octanol–water partition coefficient (Wildman–Crippen LogP) is 1.65. The van der Waals surface area contributed by atoms with E-state index in [-0.39, 0.29) is 41.4 Å². The minimum Gasteiger partial charge on any atom is -0.504 e. The van der Waals surface area contributed by atoms with Crippen LogP contribution in [0.5, 0.6) is 11.5 Å². The number of likely N-dealkylation sites (tertiary alicyclic amines) is 1. The molecule has 7 nitrogen and oxygen atoms in total. The lowest BCUT2D eigenvalue weighted by atomic mass is 9.48. The number of likely N-dealkylation sites (N-methyl/N-ethyl adjacent to an activating group) is 1. The molecule has 2 bridgehead atoms. The Morgan fingerprint density at radius 3 is 3.00 bits per heavy atom. The number of nitrogens with zero attached hydrogens (tertiary/aromatic N) is 1. The Morgan fingerprint density at radius 2 is 2.24 bits per heavy atom. The first-order chi connectivity index (χ1) is 13.9. The van der Waals surface area contributed by atoms with E-state index in [2.05, 4.69) is 23.3 Å². The highest BCUT2D eigenvalue weighted by molar-refractivity contribution is 5.66. The number of nitrogens with one attached hydrogen (secondary N) is 1. The number of carboxylic acid groups (broad SMARTS) is 1. The van der Waals surface area contributed by atoms with Crippen LogP contribution in [-0.4, -0.2) is 72.1 Å². The number of piperidine rings is 1. The van der Waals surface area contributed by atoms with Crippen molar-refractivity contribution in [2.75, 3.05) is 27.2 Å². The summed E-state index contributed by atoms with van der Waals surface area (Å²) >= 11 is 0. The van der Waals surface area contributed by atoms with E-state index in [1.165, 1.54) is 5.56 Å². The highest BCUT2D eigenvalue weighted by Gasteiger charge is 2.73. The second-order valence-electron chi connectivity index (χ2n) is 9.10. The SMILES string of the molecule is CO[C@@]12CCC(NCCCC(=O)O)C3Oc4c(O)ccc5c4[C@@]31CCN(C)[C@@H]2C5. The van der Waals surface area contributed by atoms with Crippen molar-refractivity contribution >= 4 is 5.97 Å². The summed E-state index contributed by atoms with van der Waals surface area (Å²) in [5, 5.41) is 23.1. The number of carboxylic acids is 1. The summed E-state index contributed by atoms with van der Waals surface area (Å²) < 4.78 is 12.9. The number of methoxy groups -OCH3 is 1. The van der Waals surface area contributed by atoms with Gasteiger partial charge in [-0.05, 0) is 63.9 Å². The van der Waals surface area contributed by atoms with E-state index in [4.69, 9.17) is 14.6 Å². The largest absolute Gasteiger partial charge is 0.504 e. The van der Waals surface area contributed by atoms with Gasteiger partial charge >= 0.3 is 5.97 Å². The van der Waals surface area contributed by atoms with Gasteiger partial charge in [0.25, 0.3) is 0 Å². The van der Waals surface area contributed by atoms with Gasteiger partial charge in [0.05, 0.1) is 11.0 Å². The van der Waals surface area contributed by atoms with Crippen LogP contribution in [0.2, 0.25) is 0 Å². The van der Waals surface area contributed by atoms with Crippen LogP contribution in [0.25, 0.3) is 0 Å². The molecule has 1 aromatic carbocycles. The summed E-state index contributed by atoms with van der Waals surface area (Å²) in [7, 11) is 4.02. The van der Waals surface area contributed by atoms with Crippen LogP contribution >= 0.6 is 0 Å². The molecule has 2 unspecified atom stereocenters. The van der Waals surface area contributed by atoms with Gasteiger partial charge in [0.2, 0.25) is 0 Å². The minimum atomic E-state index is -0.767. The van der Waals surface area contributed by atoms with Crippen LogP contribution in [0.3, 0.4) is 0 Å². The molecule has 2 aliphatic carbocycles. The third-order valence-corrected chi connectivity index (χ3v) is 8.03. The number of benzene rings is 1. The fraction of sp³-hybridized carbons (Fsp3) is 0.682. The molecule has 2 aliphatic heterocycles. The first kappa shape index (κ1) is 19.2. The maximum atomic E-state index is 10.9. The predicted molar refractivity (Wildman–Crippen MR) is 107 cm³/mol. The number of aromatic hydroxyl groups is 1. The van der Waals surface area contributed by atoms with E-state index in [9.17, 15) is 9.90 Å². The Morgan fingerprint density at radius 1 is 1.41 bits per heavy atom. The van der Waals surface area contributed by atoms with Crippen molar-refractivity contribution in [1.82, 2.24) is 10.2 Å². The molecule has 0 aromatic heterocycles. The van der Waals surface area contributed by atoms with E-state index in [1.54, 1.807) is 6.07 Å². The standard InChI is InChI=1S/C22H30N2O5/c1-24-11-9-21-18-13-5-6-15(25)19(18)29-20(21)14(23-10-3-4-17(26)27)7-8-22(21,28-2)16(24)12-13/h5-6,14,16,20,23,25H,3-4,7-12H2,1-2H3,(H,26,27)/t14?,16-,20?,21+,22-/m1/s1. The van der Waals surface area contributed by atoms with Crippen LogP contribution in [0, 0.1) is 0 Å². The lowest BCUT2D eigenvalue weighted by Gasteiger charge is -2.65. The molecule has 158 valence electrons. The Bertz CT molecular complexity index is 845. The molecule has 2 fully saturated rings. The van der Waals surface area contributed by atoms with Crippen LogP contribution in [0.4, 0.5) is 0 Å². The maximum absolute atomic E-state index is 10.9. The monoisotopic (exact) mass is 402 g/mol. The van der Waals surface area contributed by atoms with E-state index in [0.29, 0.717) is 18.7 Å². The number of rotatable bonds is 6. The number of carbonyl (C=O) groups is 1. The molecule has 1 saturated carbocycles. The fourth-order valence-corrected chi connectivity index (χ4v) is 6.88. The van der Waals surface area contributed by atoms with Crippen LogP contribution in [-0.2, 0) is 21.4 Å². The summed E-state index contributed by atoms with van der Waals surface area (Å²) in [6.45, 7) is 1.61. The first-order valence-corrected chi connectivity index (χ1v) is 10.7. The van der Waals surface area contributed by atoms with Crippen molar-refractivity contribution in [2.24, 2.45) is 0 Å². The number of phenolic OH excluding ortho intramolecular Hbond substituents is 1. The number of ether oxygens (including phenoxy) is 2. The summed E-state index contributed by atoms with van der Waals surface area (Å²) in [6, 6.07) is 4.20. The molecule has 0 radical (unpaired) electrons. The number of hydrogen-bond donors (Lipinski definition) is 3. The minimum absolute atomic E-state index is 0.105. The molecule has 4 aliphatic rings. The quantitative estimate of drug-likeness (QED) is 0.623. The lowest BCUT2D eigenvalue weighted by Crippen LogP contribution is -2.78. The molecule has 1 spiro atoms. The molecule has 7 heteroatoms. The molecule has 1 aromatic rings. The Labute approximate surface area is 171 Å². The third-order valence-electron chi connectivity index (χ3n) is 8.03. The van der Waals surface area contributed by atoms with E-state index in [1.807, 2.05) is 7.11 Å². The highest BCUT2D eigenvalue weighted by atomic mass is 16.5. The zero-order chi connectivity index (χ0) is 20.4. The Kier molecular flexibility index (Phi) is 4.35. The smallest absolute Gasteiger partial charge is 0.303 e. The van der Waals surface area contributed by atoms with Gasteiger partial charge < -0.3 is 29.9 Å². The van der Waals surface area contributed by atoms with E-state index < -0.39 is 5.97 Å². The highest BCUT2D eigenvalue weighted by Crippen LogP contribution is 2.66. The molecule has 0 amide bonds. The summed E-state index contributed by atoms with van der Waals surface area (Å²) in [6.07, 6.45) is 4.29. The summed E-state index contributed by atoms with van der Waals surface area (Å²) in [5.74, 6) is 0.0765. The third kappa shape index (κ3) is 2.38. The van der Waals surface area contributed by atoms with Crippen LogP contribution in [0.1, 0.15) is 43.2 Å². The van der Waals surface area contributed by atoms with Gasteiger partial charge in [0.1, 0.15) is 6.10 Å². The fourth-order valence-electron chi connectivity index (χ4n) is 6.88. The first-order valence-electron chi connectivity index (χ1n) is 10.7. The Balaban J connectivity index is 1.57. The van der Waals surface area contributed by atoms with Crippen LogP contribution < -0.4 is 10.1 Å². The van der Waals surface area contributed by atoms with Crippen molar-refractivity contribution in [1.29, 1.82) is 0 Å². The van der Waals surface area contributed by atoms with Crippen molar-refractivity contribution in [3.05, 3.63) is 23.3 Å².